The van der Waals surface area contributed by atoms with E-state index in [2.05, 4.69) is 0 Å². The molecule has 0 atom stereocenters. The molecule has 2 aromatic carbocycles. The molecule has 0 heterocycles. The van der Waals surface area contributed by atoms with Crippen molar-refractivity contribution in [2.45, 2.75) is 13.3 Å². The van der Waals surface area contributed by atoms with E-state index in [4.69, 9.17) is 5.73 Å². The highest BCUT2D eigenvalue weighted by atomic mass is 16.1. The van der Waals surface area contributed by atoms with Gasteiger partial charge in [0.25, 0.3) is 0 Å². The van der Waals surface area contributed by atoms with Gasteiger partial charge >= 0.3 is 0 Å². The van der Waals surface area contributed by atoms with Gasteiger partial charge in [0.1, 0.15) is 0 Å². The second-order valence-electron chi connectivity index (χ2n) is 4.52. The number of allylic oxidation sites excluding steroid dienone is 2. The third-order valence-corrected chi connectivity index (χ3v) is 3.01. The maximum absolute atomic E-state index is 12.5. The zero-order chi connectivity index (χ0) is 13.7. The van der Waals surface area contributed by atoms with Gasteiger partial charge in [0.2, 0.25) is 0 Å². The van der Waals surface area contributed by atoms with Crippen LogP contribution < -0.4 is 5.73 Å². The van der Waals surface area contributed by atoms with Crippen LogP contribution in [0.4, 0.5) is 0 Å². The number of benzene rings is 2. The van der Waals surface area contributed by atoms with Gasteiger partial charge < -0.3 is 5.73 Å². The highest BCUT2D eigenvalue weighted by Gasteiger charge is 2.14. The van der Waals surface area contributed by atoms with Crippen LogP contribution in [0.3, 0.4) is 0 Å². The summed E-state index contributed by atoms with van der Waals surface area (Å²) in [6.45, 7) is 1.78. The standard InChI is InChI=1S/C17H17NO/c1-13(18)16(12-14-8-4-2-5-9-14)17(19)15-10-6-3-7-11-15/h2-11H,12,18H2,1H3/b16-13+. The highest BCUT2D eigenvalue weighted by molar-refractivity contribution is 6.09. The lowest BCUT2D eigenvalue weighted by molar-refractivity contribution is 0.103. The van der Waals surface area contributed by atoms with Crippen molar-refractivity contribution in [1.29, 1.82) is 0 Å². The predicted molar refractivity (Wildman–Crippen MR) is 77.8 cm³/mol. The molecule has 2 nitrogen and oxygen atoms in total. The monoisotopic (exact) mass is 251 g/mol. The first kappa shape index (κ1) is 13.1. The minimum atomic E-state index is 0.00412. The van der Waals surface area contributed by atoms with E-state index in [0.29, 0.717) is 23.3 Å². The Hall–Kier alpha value is -2.35. The van der Waals surface area contributed by atoms with Crippen molar-refractivity contribution in [1.82, 2.24) is 0 Å². The van der Waals surface area contributed by atoms with Crippen LogP contribution in [0, 0.1) is 0 Å². The van der Waals surface area contributed by atoms with Gasteiger partial charge in [-0.2, -0.15) is 0 Å². The Morgan fingerprint density at radius 2 is 1.47 bits per heavy atom. The lowest BCUT2D eigenvalue weighted by atomic mass is 9.96. The van der Waals surface area contributed by atoms with E-state index in [9.17, 15) is 4.79 Å². The molecular formula is C17H17NO. The van der Waals surface area contributed by atoms with Crippen molar-refractivity contribution >= 4 is 5.78 Å². The van der Waals surface area contributed by atoms with Gasteiger partial charge in [-0.3, -0.25) is 4.79 Å². The van der Waals surface area contributed by atoms with Crippen molar-refractivity contribution in [2.24, 2.45) is 5.73 Å². The van der Waals surface area contributed by atoms with E-state index in [1.807, 2.05) is 60.7 Å². The smallest absolute Gasteiger partial charge is 0.191 e. The Labute approximate surface area is 113 Å². The number of carbonyl (C=O) groups excluding carboxylic acids is 1. The van der Waals surface area contributed by atoms with Crippen LogP contribution in [0.25, 0.3) is 0 Å². The number of Topliss-reactive ketones (excluding diaryl/α,β-unsaturated/α-hetero) is 1. The van der Waals surface area contributed by atoms with E-state index in [0.717, 1.165) is 5.56 Å². The molecule has 0 amide bonds. The van der Waals surface area contributed by atoms with Crippen molar-refractivity contribution in [2.75, 3.05) is 0 Å². The zero-order valence-electron chi connectivity index (χ0n) is 11.0. The maximum Gasteiger partial charge on any atom is 0.191 e. The van der Waals surface area contributed by atoms with E-state index in [1.165, 1.54) is 0 Å². The highest BCUT2D eigenvalue weighted by Crippen LogP contribution is 2.15. The molecule has 0 aliphatic rings. The van der Waals surface area contributed by atoms with Crippen LogP contribution in [-0.2, 0) is 6.42 Å². The average molecular weight is 251 g/mol. The van der Waals surface area contributed by atoms with Crippen LogP contribution in [0.15, 0.2) is 71.9 Å². The SMILES string of the molecule is C/C(N)=C(/Cc1ccccc1)C(=O)c1ccccc1. The Morgan fingerprint density at radius 1 is 0.947 bits per heavy atom. The quantitative estimate of drug-likeness (QED) is 0.669. The van der Waals surface area contributed by atoms with Crippen LogP contribution in [0.5, 0.6) is 0 Å². The van der Waals surface area contributed by atoms with Crippen LogP contribution >= 0.6 is 0 Å². The minimum absolute atomic E-state index is 0.00412. The normalized spacial score (nSPS) is 11.8. The first-order valence-corrected chi connectivity index (χ1v) is 6.27. The Balaban J connectivity index is 2.28. The number of nitrogens with two attached hydrogens (primary N) is 1. The zero-order valence-corrected chi connectivity index (χ0v) is 11.0. The Bertz CT molecular complexity index is 581. The number of hydrogen-bond acceptors (Lipinski definition) is 2. The molecular weight excluding hydrogens is 234 g/mol. The molecule has 2 N–H and O–H groups in total. The third kappa shape index (κ3) is 3.32. The lowest BCUT2D eigenvalue weighted by Crippen LogP contribution is -2.12. The molecule has 0 saturated heterocycles. The Morgan fingerprint density at radius 3 is 2.00 bits per heavy atom. The summed E-state index contributed by atoms with van der Waals surface area (Å²) in [5.74, 6) is 0.00412. The summed E-state index contributed by atoms with van der Waals surface area (Å²) in [5.41, 5.74) is 8.90. The van der Waals surface area contributed by atoms with Crippen molar-refractivity contribution < 1.29 is 4.79 Å². The molecule has 0 aliphatic carbocycles. The Kier molecular flexibility index (Phi) is 4.14. The second-order valence-corrected chi connectivity index (χ2v) is 4.52. The molecule has 0 bridgehead atoms. The van der Waals surface area contributed by atoms with Crippen molar-refractivity contribution in [3.63, 3.8) is 0 Å². The summed E-state index contributed by atoms with van der Waals surface area (Å²) in [6, 6.07) is 19.1. The molecule has 2 rings (SSSR count). The lowest BCUT2D eigenvalue weighted by Gasteiger charge is -2.09. The van der Waals surface area contributed by atoms with Gasteiger partial charge in [-0.25, -0.2) is 0 Å². The van der Waals surface area contributed by atoms with Crippen molar-refractivity contribution in [3.05, 3.63) is 83.1 Å². The maximum atomic E-state index is 12.5. The van der Waals surface area contributed by atoms with Gasteiger partial charge in [0.15, 0.2) is 5.78 Å². The number of hydrogen-bond donors (Lipinski definition) is 1. The molecule has 0 fully saturated rings. The third-order valence-electron chi connectivity index (χ3n) is 3.01. The summed E-state index contributed by atoms with van der Waals surface area (Å²) in [7, 11) is 0. The van der Waals surface area contributed by atoms with Gasteiger partial charge in [0, 0.05) is 23.3 Å². The molecule has 96 valence electrons. The number of carbonyl (C=O) groups is 1. The van der Waals surface area contributed by atoms with Crippen LogP contribution in [0.2, 0.25) is 0 Å². The molecule has 19 heavy (non-hydrogen) atoms. The largest absolute Gasteiger partial charge is 0.402 e. The molecule has 2 heteroatoms. The van der Waals surface area contributed by atoms with Gasteiger partial charge in [0.05, 0.1) is 0 Å². The topological polar surface area (TPSA) is 43.1 Å². The van der Waals surface area contributed by atoms with Crippen LogP contribution in [-0.4, -0.2) is 5.78 Å². The van der Waals surface area contributed by atoms with Crippen molar-refractivity contribution in [3.8, 4) is 0 Å². The molecule has 0 radical (unpaired) electrons. The molecule has 0 unspecified atom stereocenters. The summed E-state index contributed by atoms with van der Waals surface area (Å²) in [4.78, 5) is 12.5. The predicted octanol–water partition coefficient (Wildman–Crippen LogP) is 3.34. The summed E-state index contributed by atoms with van der Waals surface area (Å²) >= 11 is 0. The number of ketones is 1. The summed E-state index contributed by atoms with van der Waals surface area (Å²) in [6.07, 6.45) is 0.566. The fourth-order valence-electron chi connectivity index (χ4n) is 1.96. The molecule has 0 spiro atoms. The summed E-state index contributed by atoms with van der Waals surface area (Å²) < 4.78 is 0. The fraction of sp³-hybridized carbons (Fsp3) is 0.118. The molecule has 2 aromatic rings. The minimum Gasteiger partial charge on any atom is -0.402 e. The molecule has 0 aliphatic heterocycles. The van der Waals surface area contributed by atoms with E-state index >= 15 is 0 Å². The van der Waals surface area contributed by atoms with E-state index < -0.39 is 0 Å². The van der Waals surface area contributed by atoms with E-state index in [1.54, 1.807) is 6.92 Å². The first-order valence-electron chi connectivity index (χ1n) is 6.27. The first-order chi connectivity index (χ1) is 9.18. The fourth-order valence-corrected chi connectivity index (χ4v) is 1.96. The number of rotatable bonds is 4. The molecule has 0 aromatic heterocycles. The van der Waals surface area contributed by atoms with Gasteiger partial charge in [-0.15, -0.1) is 0 Å². The van der Waals surface area contributed by atoms with Crippen LogP contribution in [0.1, 0.15) is 22.8 Å². The van der Waals surface area contributed by atoms with Gasteiger partial charge in [-0.05, 0) is 12.5 Å². The van der Waals surface area contributed by atoms with Gasteiger partial charge in [-0.1, -0.05) is 60.7 Å². The van der Waals surface area contributed by atoms with E-state index in [-0.39, 0.29) is 5.78 Å². The molecule has 0 saturated carbocycles. The summed E-state index contributed by atoms with van der Waals surface area (Å²) in [5, 5.41) is 0. The average Bonchev–Trinajstić information content (AvgIpc) is 2.46. The second kappa shape index (κ2) is 6.01.